The smallest absolute Gasteiger partial charge is 0.218 e. The van der Waals surface area contributed by atoms with E-state index in [-0.39, 0.29) is 5.75 Å². The molecule has 0 unspecified atom stereocenters. The molecule has 1 saturated heterocycles. The van der Waals surface area contributed by atoms with E-state index < -0.39 is 10.0 Å². The van der Waals surface area contributed by atoms with Crippen LogP contribution in [0.1, 0.15) is 24.0 Å². The number of sulfonamides is 1. The van der Waals surface area contributed by atoms with Gasteiger partial charge in [-0.15, -0.1) is 0 Å². The maximum atomic E-state index is 12.4. The van der Waals surface area contributed by atoms with Crippen molar-refractivity contribution in [1.82, 2.24) is 9.21 Å². The molecule has 1 heterocycles. The van der Waals surface area contributed by atoms with Gasteiger partial charge in [-0.25, -0.2) is 12.7 Å². The Labute approximate surface area is 126 Å². The highest BCUT2D eigenvalue weighted by Crippen LogP contribution is 2.19. The van der Waals surface area contributed by atoms with Gasteiger partial charge in [0, 0.05) is 19.1 Å². The van der Waals surface area contributed by atoms with Gasteiger partial charge in [0.15, 0.2) is 0 Å². The molecule has 21 heavy (non-hydrogen) atoms. The first-order valence-electron chi connectivity index (χ1n) is 7.05. The molecule has 1 fully saturated rings. The molecular formula is C15H21N3O2S. The number of rotatable bonds is 4. The molecule has 1 aromatic carbocycles. The van der Waals surface area contributed by atoms with Crippen LogP contribution in [-0.2, 0) is 15.8 Å². The lowest BCUT2D eigenvalue weighted by atomic mass is 10.1. The second-order valence-corrected chi connectivity index (χ2v) is 7.63. The third-order valence-corrected chi connectivity index (χ3v) is 5.83. The van der Waals surface area contributed by atoms with Gasteiger partial charge < -0.3 is 4.90 Å². The molecule has 1 aliphatic rings. The number of nitriles is 1. The molecule has 0 bridgehead atoms. The Morgan fingerprint density at radius 3 is 2.29 bits per heavy atom. The van der Waals surface area contributed by atoms with E-state index in [0.717, 1.165) is 18.4 Å². The van der Waals surface area contributed by atoms with Crippen LogP contribution in [0, 0.1) is 11.3 Å². The van der Waals surface area contributed by atoms with Gasteiger partial charge in [-0.3, -0.25) is 0 Å². The number of hydrogen-bond donors (Lipinski definition) is 0. The topological polar surface area (TPSA) is 64.4 Å². The molecule has 1 aliphatic heterocycles. The van der Waals surface area contributed by atoms with Crippen molar-refractivity contribution in [3.05, 3.63) is 35.4 Å². The molecule has 0 saturated carbocycles. The zero-order valence-corrected chi connectivity index (χ0v) is 13.3. The Kier molecular flexibility index (Phi) is 4.99. The van der Waals surface area contributed by atoms with E-state index >= 15 is 0 Å². The third-order valence-electron chi connectivity index (χ3n) is 3.98. The van der Waals surface area contributed by atoms with Gasteiger partial charge in [0.25, 0.3) is 0 Å². The van der Waals surface area contributed by atoms with E-state index in [9.17, 15) is 8.42 Å². The van der Waals surface area contributed by atoms with Crippen LogP contribution in [0.15, 0.2) is 24.3 Å². The van der Waals surface area contributed by atoms with Crippen molar-refractivity contribution >= 4 is 10.0 Å². The molecule has 0 atom stereocenters. The summed E-state index contributed by atoms with van der Waals surface area (Å²) in [5.74, 6) is 0.00530. The normalized spacial score (nSPS) is 17.8. The zero-order chi connectivity index (χ0) is 15.5. The standard InChI is InChI=1S/C15H21N3O2S/c1-17(2)15-7-9-18(10-8-15)21(19,20)12-14-5-3-13(11-16)4-6-14/h3-6,15H,7-10,12H2,1-2H3. The lowest BCUT2D eigenvalue weighted by Gasteiger charge is -2.34. The van der Waals surface area contributed by atoms with Gasteiger partial charge in [-0.1, -0.05) is 12.1 Å². The van der Waals surface area contributed by atoms with Crippen molar-refractivity contribution in [3.63, 3.8) is 0 Å². The van der Waals surface area contributed by atoms with E-state index in [1.165, 1.54) is 0 Å². The van der Waals surface area contributed by atoms with Crippen LogP contribution in [0.25, 0.3) is 0 Å². The van der Waals surface area contributed by atoms with E-state index in [1.807, 2.05) is 20.2 Å². The molecule has 6 heteroatoms. The minimum Gasteiger partial charge on any atom is -0.306 e. The molecule has 0 N–H and O–H groups in total. The lowest BCUT2D eigenvalue weighted by Crippen LogP contribution is -2.44. The van der Waals surface area contributed by atoms with Crippen LogP contribution in [0.5, 0.6) is 0 Å². The highest BCUT2D eigenvalue weighted by Gasteiger charge is 2.28. The van der Waals surface area contributed by atoms with E-state index in [1.54, 1.807) is 28.6 Å². The Balaban J connectivity index is 2.00. The first-order valence-corrected chi connectivity index (χ1v) is 8.66. The van der Waals surface area contributed by atoms with E-state index in [4.69, 9.17) is 5.26 Å². The van der Waals surface area contributed by atoms with Crippen molar-refractivity contribution in [2.24, 2.45) is 0 Å². The van der Waals surface area contributed by atoms with Gasteiger partial charge in [0.1, 0.15) is 0 Å². The molecule has 0 radical (unpaired) electrons. The summed E-state index contributed by atoms with van der Waals surface area (Å²) in [5.41, 5.74) is 1.27. The van der Waals surface area contributed by atoms with Gasteiger partial charge >= 0.3 is 0 Å². The average Bonchev–Trinajstić information content (AvgIpc) is 2.48. The van der Waals surface area contributed by atoms with E-state index in [0.29, 0.717) is 24.7 Å². The van der Waals surface area contributed by atoms with E-state index in [2.05, 4.69) is 4.90 Å². The first kappa shape index (κ1) is 16.0. The Bertz CT molecular complexity index is 609. The third kappa shape index (κ3) is 4.03. The SMILES string of the molecule is CN(C)C1CCN(S(=O)(=O)Cc2ccc(C#N)cc2)CC1. The summed E-state index contributed by atoms with van der Waals surface area (Å²) < 4.78 is 26.5. The number of nitrogens with zero attached hydrogens (tertiary/aromatic N) is 3. The molecule has 0 aromatic heterocycles. The van der Waals surface area contributed by atoms with Gasteiger partial charge in [0.2, 0.25) is 10.0 Å². The van der Waals surface area contributed by atoms with Crippen molar-refractivity contribution in [3.8, 4) is 6.07 Å². The van der Waals surface area contributed by atoms with Crippen LogP contribution in [0.3, 0.4) is 0 Å². The summed E-state index contributed by atoms with van der Waals surface area (Å²) in [6.45, 7) is 1.17. The van der Waals surface area contributed by atoms with Crippen molar-refractivity contribution in [1.29, 1.82) is 5.26 Å². The fourth-order valence-corrected chi connectivity index (χ4v) is 4.18. The molecule has 0 amide bonds. The summed E-state index contributed by atoms with van der Waals surface area (Å²) in [7, 11) is 0.793. The van der Waals surface area contributed by atoms with Gasteiger partial charge in [-0.05, 0) is 44.6 Å². The summed E-state index contributed by atoms with van der Waals surface area (Å²) in [5, 5.41) is 8.75. The number of hydrogen-bond acceptors (Lipinski definition) is 4. The van der Waals surface area contributed by atoms with Crippen LogP contribution < -0.4 is 0 Å². The van der Waals surface area contributed by atoms with Crippen LogP contribution in [0.4, 0.5) is 0 Å². The maximum Gasteiger partial charge on any atom is 0.218 e. The van der Waals surface area contributed by atoms with Crippen LogP contribution >= 0.6 is 0 Å². The largest absolute Gasteiger partial charge is 0.306 e. The molecule has 1 aromatic rings. The fourth-order valence-electron chi connectivity index (χ4n) is 2.61. The molecular weight excluding hydrogens is 286 g/mol. The van der Waals surface area contributed by atoms with Crippen LogP contribution in [0.2, 0.25) is 0 Å². The average molecular weight is 307 g/mol. The second-order valence-electron chi connectivity index (χ2n) is 5.66. The molecule has 2 rings (SSSR count). The van der Waals surface area contributed by atoms with Crippen LogP contribution in [-0.4, -0.2) is 50.8 Å². The van der Waals surface area contributed by atoms with Crippen molar-refractivity contribution in [2.75, 3.05) is 27.2 Å². The number of benzene rings is 1. The molecule has 114 valence electrons. The summed E-state index contributed by atoms with van der Waals surface area (Å²) in [4.78, 5) is 2.16. The lowest BCUT2D eigenvalue weighted by molar-refractivity contribution is 0.196. The maximum absolute atomic E-state index is 12.4. The van der Waals surface area contributed by atoms with Gasteiger partial charge in [0.05, 0.1) is 17.4 Å². The predicted molar refractivity (Wildman–Crippen MR) is 82.1 cm³/mol. The Morgan fingerprint density at radius 1 is 1.24 bits per heavy atom. The molecule has 0 spiro atoms. The fraction of sp³-hybridized carbons (Fsp3) is 0.533. The van der Waals surface area contributed by atoms with Crippen molar-refractivity contribution < 1.29 is 8.42 Å². The summed E-state index contributed by atoms with van der Waals surface area (Å²) in [6.07, 6.45) is 1.75. The minimum atomic E-state index is -3.27. The van der Waals surface area contributed by atoms with Crippen molar-refractivity contribution in [2.45, 2.75) is 24.6 Å². The summed E-state index contributed by atoms with van der Waals surface area (Å²) in [6, 6.07) is 9.23. The number of piperidine rings is 1. The highest BCUT2D eigenvalue weighted by molar-refractivity contribution is 7.88. The monoisotopic (exact) mass is 307 g/mol. The quantitative estimate of drug-likeness (QED) is 0.844. The minimum absolute atomic E-state index is 0.00530. The zero-order valence-electron chi connectivity index (χ0n) is 12.5. The first-order chi connectivity index (χ1) is 9.92. The Morgan fingerprint density at radius 2 is 1.81 bits per heavy atom. The highest BCUT2D eigenvalue weighted by atomic mass is 32.2. The predicted octanol–water partition coefficient (Wildman–Crippen LogP) is 1.41. The summed E-state index contributed by atoms with van der Waals surface area (Å²) >= 11 is 0. The Hall–Kier alpha value is -1.42. The second kappa shape index (κ2) is 6.56. The molecule has 0 aliphatic carbocycles. The van der Waals surface area contributed by atoms with Gasteiger partial charge in [-0.2, -0.15) is 5.26 Å². The molecule has 5 nitrogen and oxygen atoms in total.